The van der Waals surface area contributed by atoms with Gasteiger partial charge < -0.3 is 4.74 Å². The molecule has 0 N–H and O–H groups in total. The summed E-state index contributed by atoms with van der Waals surface area (Å²) in [4.78, 5) is 0. The molecule has 2 heteroatoms. The highest BCUT2D eigenvalue weighted by molar-refractivity contribution is 9.09. The first-order chi connectivity index (χ1) is 5.30. The molecule has 0 saturated heterocycles. The van der Waals surface area contributed by atoms with E-state index in [1.54, 1.807) is 0 Å². The van der Waals surface area contributed by atoms with E-state index in [4.69, 9.17) is 4.74 Å². The van der Waals surface area contributed by atoms with Gasteiger partial charge in [0.2, 0.25) is 0 Å². The van der Waals surface area contributed by atoms with Gasteiger partial charge in [-0.15, -0.1) is 0 Å². The number of hydrogen-bond donors (Lipinski definition) is 0. The lowest BCUT2D eigenvalue weighted by molar-refractivity contribution is -0.0390. The first-order valence-electron chi connectivity index (χ1n) is 4.48. The van der Waals surface area contributed by atoms with Crippen LogP contribution in [0.4, 0.5) is 0 Å². The van der Waals surface area contributed by atoms with Crippen molar-refractivity contribution in [3.05, 3.63) is 0 Å². The normalized spacial score (nSPS) is 47.5. The van der Waals surface area contributed by atoms with E-state index >= 15 is 0 Å². The van der Waals surface area contributed by atoms with Crippen molar-refractivity contribution in [2.75, 3.05) is 11.9 Å². The minimum Gasteiger partial charge on any atom is -0.378 e. The second-order valence-corrected chi connectivity index (χ2v) is 4.55. The van der Waals surface area contributed by atoms with Gasteiger partial charge in [0, 0.05) is 11.9 Å². The van der Waals surface area contributed by atoms with Gasteiger partial charge in [-0.3, -0.25) is 0 Å². The number of alkyl halides is 1. The van der Waals surface area contributed by atoms with Gasteiger partial charge in [0.25, 0.3) is 0 Å². The quantitative estimate of drug-likeness (QED) is 0.663. The zero-order valence-electron chi connectivity index (χ0n) is 6.98. The van der Waals surface area contributed by atoms with Crippen LogP contribution in [0.25, 0.3) is 0 Å². The number of rotatable bonds is 3. The van der Waals surface area contributed by atoms with Crippen molar-refractivity contribution in [2.24, 2.45) is 11.3 Å². The van der Waals surface area contributed by atoms with Gasteiger partial charge in [-0.2, -0.15) is 0 Å². The van der Waals surface area contributed by atoms with Gasteiger partial charge in [0.05, 0.1) is 6.10 Å². The first-order valence-corrected chi connectivity index (χ1v) is 5.60. The van der Waals surface area contributed by atoms with Crippen LogP contribution in [0.5, 0.6) is 0 Å². The van der Waals surface area contributed by atoms with E-state index < -0.39 is 0 Å². The van der Waals surface area contributed by atoms with Crippen LogP contribution >= 0.6 is 15.9 Å². The standard InChI is InChI=1S/C9H15BrO/c1-2-11-8-4-9(5-8)3-7(9)6-10/h7-8H,2-6H2,1H3. The Balaban J connectivity index is 1.73. The average molecular weight is 219 g/mol. The minimum atomic E-state index is 0.601. The molecule has 0 bridgehead atoms. The first kappa shape index (κ1) is 8.06. The molecular formula is C9H15BrO. The second kappa shape index (κ2) is 2.74. The molecule has 0 aromatic carbocycles. The smallest absolute Gasteiger partial charge is 0.0585 e. The van der Waals surface area contributed by atoms with E-state index in [9.17, 15) is 0 Å². The molecule has 2 aliphatic carbocycles. The molecule has 2 aliphatic rings. The van der Waals surface area contributed by atoms with E-state index in [1.165, 1.54) is 24.6 Å². The van der Waals surface area contributed by atoms with Gasteiger partial charge in [-0.05, 0) is 37.5 Å². The van der Waals surface area contributed by atoms with Gasteiger partial charge in [-0.25, -0.2) is 0 Å². The van der Waals surface area contributed by atoms with Gasteiger partial charge in [0.1, 0.15) is 0 Å². The third-order valence-electron chi connectivity index (χ3n) is 3.22. The Morgan fingerprint density at radius 3 is 2.64 bits per heavy atom. The molecular weight excluding hydrogens is 204 g/mol. The maximum atomic E-state index is 5.53. The molecule has 0 aliphatic heterocycles. The van der Waals surface area contributed by atoms with Crippen LogP contribution in [0, 0.1) is 11.3 Å². The fourth-order valence-corrected chi connectivity index (χ4v) is 3.27. The molecule has 2 rings (SSSR count). The Labute approximate surface area is 76.6 Å². The highest BCUT2D eigenvalue weighted by atomic mass is 79.9. The molecule has 1 atom stereocenters. The summed E-state index contributed by atoms with van der Waals surface area (Å²) >= 11 is 3.54. The Morgan fingerprint density at radius 1 is 1.45 bits per heavy atom. The summed E-state index contributed by atoms with van der Waals surface area (Å²) in [5, 5.41) is 1.20. The minimum absolute atomic E-state index is 0.601. The summed E-state index contributed by atoms with van der Waals surface area (Å²) in [7, 11) is 0. The zero-order chi connectivity index (χ0) is 7.90. The molecule has 64 valence electrons. The molecule has 0 amide bonds. The molecule has 1 unspecified atom stereocenters. The summed E-state index contributed by atoms with van der Waals surface area (Å²) in [6.07, 6.45) is 4.71. The van der Waals surface area contributed by atoms with Gasteiger partial charge >= 0.3 is 0 Å². The summed E-state index contributed by atoms with van der Waals surface area (Å²) in [5.41, 5.74) is 0.739. The van der Waals surface area contributed by atoms with Crippen molar-refractivity contribution in [1.29, 1.82) is 0 Å². The van der Waals surface area contributed by atoms with Gasteiger partial charge in [0.15, 0.2) is 0 Å². The van der Waals surface area contributed by atoms with Crippen molar-refractivity contribution in [2.45, 2.75) is 32.3 Å². The molecule has 1 spiro atoms. The van der Waals surface area contributed by atoms with E-state index in [0.717, 1.165) is 17.9 Å². The Kier molecular flexibility index (Phi) is 2.00. The van der Waals surface area contributed by atoms with Crippen LogP contribution in [0.1, 0.15) is 26.2 Å². The summed E-state index contributed by atoms with van der Waals surface area (Å²) < 4.78 is 5.53. The van der Waals surface area contributed by atoms with Crippen LogP contribution in [-0.4, -0.2) is 18.0 Å². The molecule has 0 aromatic rings. The SMILES string of the molecule is CCOC1CC2(C1)CC2CBr. The number of hydrogen-bond acceptors (Lipinski definition) is 1. The van der Waals surface area contributed by atoms with Crippen LogP contribution in [0.15, 0.2) is 0 Å². The molecule has 2 saturated carbocycles. The molecule has 0 radical (unpaired) electrons. The molecule has 0 heterocycles. The van der Waals surface area contributed by atoms with Crippen LogP contribution < -0.4 is 0 Å². The lowest BCUT2D eigenvalue weighted by atomic mass is 9.77. The van der Waals surface area contributed by atoms with Crippen molar-refractivity contribution < 1.29 is 4.74 Å². The highest BCUT2D eigenvalue weighted by Gasteiger charge is 2.60. The number of halogens is 1. The Hall–Kier alpha value is 0.440. The van der Waals surface area contributed by atoms with Crippen LogP contribution in [0.3, 0.4) is 0 Å². The van der Waals surface area contributed by atoms with Crippen molar-refractivity contribution in [3.63, 3.8) is 0 Å². The highest BCUT2D eigenvalue weighted by Crippen LogP contribution is 2.66. The van der Waals surface area contributed by atoms with Crippen LogP contribution in [-0.2, 0) is 4.74 Å². The fraction of sp³-hybridized carbons (Fsp3) is 1.00. The van der Waals surface area contributed by atoms with E-state index in [1.807, 2.05) is 0 Å². The van der Waals surface area contributed by atoms with E-state index in [-0.39, 0.29) is 0 Å². The third kappa shape index (κ3) is 1.25. The van der Waals surface area contributed by atoms with Gasteiger partial charge in [-0.1, -0.05) is 15.9 Å². The maximum Gasteiger partial charge on any atom is 0.0585 e. The predicted octanol–water partition coefficient (Wildman–Crippen LogP) is 2.59. The lowest BCUT2D eigenvalue weighted by Crippen LogP contribution is -2.34. The monoisotopic (exact) mass is 218 g/mol. The second-order valence-electron chi connectivity index (χ2n) is 3.90. The summed E-state index contributed by atoms with van der Waals surface area (Å²) in [6, 6.07) is 0. The molecule has 1 nitrogen and oxygen atoms in total. The third-order valence-corrected chi connectivity index (χ3v) is 4.00. The lowest BCUT2D eigenvalue weighted by Gasteiger charge is -2.36. The molecule has 2 fully saturated rings. The molecule has 11 heavy (non-hydrogen) atoms. The Bertz CT molecular complexity index is 152. The topological polar surface area (TPSA) is 9.23 Å². The predicted molar refractivity (Wildman–Crippen MR) is 49.0 cm³/mol. The number of ether oxygens (including phenoxy) is 1. The maximum absolute atomic E-state index is 5.53. The van der Waals surface area contributed by atoms with Crippen molar-refractivity contribution >= 4 is 15.9 Å². The largest absolute Gasteiger partial charge is 0.378 e. The fourth-order valence-electron chi connectivity index (χ4n) is 2.35. The van der Waals surface area contributed by atoms with Crippen molar-refractivity contribution in [1.82, 2.24) is 0 Å². The van der Waals surface area contributed by atoms with E-state index in [0.29, 0.717) is 6.10 Å². The average Bonchev–Trinajstić information content (AvgIpc) is 2.62. The Morgan fingerprint density at radius 2 is 2.18 bits per heavy atom. The molecule has 0 aromatic heterocycles. The van der Waals surface area contributed by atoms with E-state index in [2.05, 4.69) is 22.9 Å². The van der Waals surface area contributed by atoms with Crippen molar-refractivity contribution in [3.8, 4) is 0 Å². The van der Waals surface area contributed by atoms with Crippen LogP contribution in [0.2, 0.25) is 0 Å². The zero-order valence-corrected chi connectivity index (χ0v) is 8.56. The summed E-state index contributed by atoms with van der Waals surface area (Å²) in [6.45, 7) is 2.97. The summed E-state index contributed by atoms with van der Waals surface area (Å²) in [5.74, 6) is 0.971.